The van der Waals surface area contributed by atoms with Crippen molar-refractivity contribution < 1.29 is 8.78 Å². The minimum Gasteiger partial charge on any atom is -0.174 e. The summed E-state index contributed by atoms with van der Waals surface area (Å²) in [7, 11) is 0. The van der Waals surface area contributed by atoms with Crippen molar-refractivity contribution in [2.24, 2.45) is 35.5 Å². The lowest BCUT2D eigenvalue weighted by atomic mass is 9.69. The van der Waals surface area contributed by atoms with E-state index in [-0.39, 0.29) is 0 Å². The van der Waals surface area contributed by atoms with E-state index in [2.05, 4.69) is 19.1 Å². The number of allylic oxidation sites excluding steroid dienone is 3. The van der Waals surface area contributed by atoms with Crippen molar-refractivity contribution in [2.45, 2.75) is 90.4 Å². The van der Waals surface area contributed by atoms with Gasteiger partial charge in [0.25, 0.3) is 6.08 Å². The highest BCUT2D eigenvalue weighted by Gasteiger charge is 2.29. The second kappa shape index (κ2) is 10.0. The molecule has 0 N–H and O–H groups in total. The van der Waals surface area contributed by atoms with Crippen molar-refractivity contribution in [3.05, 3.63) is 24.3 Å². The molecule has 2 heteroatoms. The molecule has 148 valence electrons. The first-order valence-corrected chi connectivity index (χ1v) is 11.3. The molecule has 0 aliphatic heterocycles. The monoisotopic (exact) mass is 364 g/mol. The lowest BCUT2D eigenvalue weighted by Gasteiger charge is -2.36. The molecular formula is C24H38F2. The van der Waals surface area contributed by atoms with E-state index in [4.69, 9.17) is 0 Å². The zero-order valence-corrected chi connectivity index (χ0v) is 16.6. The second-order valence-electron chi connectivity index (χ2n) is 9.59. The molecule has 0 spiro atoms. The fourth-order valence-electron chi connectivity index (χ4n) is 5.75. The maximum Gasteiger partial charge on any atom is 0.266 e. The van der Waals surface area contributed by atoms with E-state index in [1.54, 1.807) is 0 Å². The van der Waals surface area contributed by atoms with E-state index in [1.165, 1.54) is 64.2 Å². The molecule has 0 radical (unpaired) electrons. The number of rotatable bonds is 5. The van der Waals surface area contributed by atoms with Crippen LogP contribution in [0, 0.1) is 35.5 Å². The van der Waals surface area contributed by atoms with Gasteiger partial charge in [0, 0.05) is 0 Å². The first-order chi connectivity index (χ1) is 12.6. The molecule has 3 saturated carbocycles. The Kier molecular flexibility index (Phi) is 7.76. The van der Waals surface area contributed by atoms with Crippen LogP contribution in [-0.4, -0.2) is 0 Å². The summed E-state index contributed by atoms with van der Waals surface area (Å²) in [5, 5.41) is 0. The van der Waals surface area contributed by atoms with E-state index in [9.17, 15) is 8.78 Å². The summed E-state index contributed by atoms with van der Waals surface area (Å²) in [5.74, 6) is 4.97. The Morgan fingerprint density at radius 1 is 0.692 bits per heavy atom. The minimum absolute atomic E-state index is 0.481. The normalized spacial score (nSPS) is 39.0. The lowest BCUT2D eigenvalue weighted by Crippen LogP contribution is -2.24. The van der Waals surface area contributed by atoms with Gasteiger partial charge in [-0.15, -0.1) is 0 Å². The van der Waals surface area contributed by atoms with E-state index >= 15 is 0 Å². The van der Waals surface area contributed by atoms with Gasteiger partial charge in [-0.1, -0.05) is 31.9 Å². The lowest BCUT2D eigenvalue weighted by molar-refractivity contribution is 0.160. The Hall–Kier alpha value is -0.660. The largest absolute Gasteiger partial charge is 0.266 e. The molecule has 0 heterocycles. The molecule has 0 bridgehead atoms. The predicted molar refractivity (Wildman–Crippen MR) is 106 cm³/mol. The second-order valence-corrected chi connectivity index (χ2v) is 9.59. The molecule has 0 nitrogen and oxygen atoms in total. The fourth-order valence-corrected chi connectivity index (χ4v) is 5.75. The van der Waals surface area contributed by atoms with Gasteiger partial charge in [0.2, 0.25) is 0 Å². The topological polar surface area (TPSA) is 0 Å². The molecule has 0 aromatic rings. The fraction of sp³-hybridized carbons (Fsp3) is 0.833. The van der Waals surface area contributed by atoms with Crippen LogP contribution in [0.4, 0.5) is 8.78 Å². The minimum atomic E-state index is -1.51. The highest BCUT2D eigenvalue weighted by atomic mass is 19.3. The maximum absolute atomic E-state index is 12.2. The van der Waals surface area contributed by atoms with Crippen LogP contribution in [0.1, 0.15) is 90.4 Å². The van der Waals surface area contributed by atoms with Gasteiger partial charge < -0.3 is 0 Å². The SMILES string of the molecule is CC1CCC(C2CCC(C=CC3CCC(CC=C(F)F)CC3)CC2)CC1. The van der Waals surface area contributed by atoms with Gasteiger partial charge >= 0.3 is 0 Å². The average Bonchev–Trinajstić information content (AvgIpc) is 2.66. The molecule has 26 heavy (non-hydrogen) atoms. The van der Waals surface area contributed by atoms with Crippen molar-refractivity contribution in [1.29, 1.82) is 0 Å². The highest BCUT2D eigenvalue weighted by Crippen LogP contribution is 2.42. The van der Waals surface area contributed by atoms with Crippen LogP contribution >= 0.6 is 0 Å². The Morgan fingerprint density at radius 3 is 1.65 bits per heavy atom. The number of halogens is 2. The van der Waals surface area contributed by atoms with Gasteiger partial charge in [-0.25, -0.2) is 0 Å². The zero-order chi connectivity index (χ0) is 18.4. The third-order valence-electron chi connectivity index (χ3n) is 7.70. The molecule has 0 saturated heterocycles. The summed E-state index contributed by atoms with van der Waals surface area (Å²) in [4.78, 5) is 0. The third-order valence-corrected chi connectivity index (χ3v) is 7.70. The van der Waals surface area contributed by atoms with Crippen LogP contribution < -0.4 is 0 Å². The summed E-state index contributed by atoms with van der Waals surface area (Å²) in [6.07, 6.45) is 21.4. The van der Waals surface area contributed by atoms with Gasteiger partial charge in [-0.2, -0.15) is 8.78 Å². The standard InChI is InChI=1S/C24H38F2/c1-18-2-13-22(14-3-18)23-15-10-21(11-16-23)9-6-19-4-7-20(8-5-19)12-17-24(25)26/h6,9,17-23H,2-5,7-8,10-16H2,1H3. The molecule has 3 fully saturated rings. The van der Waals surface area contributed by atoms with Gasteiger partial charge in [0.15, 0.2) is 0 Å². The van der Waals surface area contributed by atoms with E-state index in [0.717, 1.165) is 42.6 Å². The van der Waals surface area contributed by atoms with Crippen LogP contribution in [0.5, 0.6) is 0 Å². The van der Waals surface area contributed by atoms with Crippen molar-refractivity contribution in [2.75, 3.05) is 0 Å². The zero-order valence-electron chi connectivity index (χ0n) is 16.6. The Morgan fingerprint density at radius 2 is 1.15 bits per heavy atom. The molecule has 0 amide bonds. The molecule has 0 unspecified atom stereocenters. The van der Waals surface area contributed by atoms with E-state index in [0.29, 0.717) is 18.3 Å². The van der Waals surface area contributed by atoms with Gasteiger partial charge in [-0.05, 0) is 112 Å². The Balaban J connectivity index is 1.34. The summed E-state index contributed by atoms with van der Waals surface area (Å²) >= 11 is 0. The summed E-state index contributed by atoms with van der Waals surface area (Å²) in [5.41, 5.74) is 0. The molecule has 3 rings (SSSR count). The van der Waals surface area contributed by atoms with Crippen LogP contribution in [0.2, 0.25) is 0 Å². The predicted octanol–water partition coefficient (Wildman–Crippen LogP) is 8.15. The average molecular weight is 365 g/mol. The summed E-state index contributed by atoms with van der Waals surface area (Å²) in [6.45, 7) is 2.42. The van der Waals surface area contributed by atoms with Gasteiger partial charge in [0.1, 0.15) is 0 Å². The van der Waals surface area contributed by atoms with Crippen LogP contribution in [0.15, 0.2) is 24.3 Å². The van der Waals surface area contributed by atoms with Crippen molar-refractivity contribution in [3.8, 4) is 0 Å². The molecule has 3 aliphatic rings. The molecule has 0 atom stereocenters. The Bertz CT molecular complexity index is 453. The maximum atomic E-state index is 12.2. The van der Waals surface area contributed by atoms with Crippen molar-refractivity contribution in [1.82, 2.24) is 0 Å². The summed E-state index contributed by atoms with van der Waals surface area (Å²) < 4.78 is 24.4. The van der Waals surface area contributed by atoms with E-state index < -0.39 is 6.08 Å². The first kappa shape index (κ1) is 20.1. The molecule has 3 aliphatic carbocycles. The van der Waals surface area contributed by atoms with Gasteiger partial charge in [0.05, 0.1) is 0 Å². The Labute approximate surface area is 159 Å². The molecule has 0 aromatic heterocycles. The molecular weight excluding hydrogens is 326 g/mol. The first-order valence-electron chi connectivity index (χ1n) is 11.3. The summed E-state index contributed by atoms with van der Waals surface area (Å²) in [6, 6.07) is 0. The number of hydrogen-bond acceptors (Lipinski definition) is 0. The van der Waals surface area contributed by atoms with E-state index in [1.807, 2.05) is 0 Å². The van der Waals surface area contributed by atoms with Gasteiger partial charge in [-0.3, -0.25) is 0 Å². The number of hydrogen-bond donors (Lipinski definition) is 0. The molecule has 0 aromatic carbocycles. The van der Waals surface area contributed by atoms with Crippen LogP contribution in [0.3, 0.4) is 0 Å². The smallest absolute Gasteiger partial charge is 0.174 e. The van der Waals surface area contributed by atoms with Crippen LogP contribution in [-0.2, 0) is 0 Å². The highest BCUT2D eigenvalue weighted by molar-refractivity contribution is 4.97. The quantitative estimate of drug-likeness (QED) is 0.432. The van der Waals surface area contributed by atoms with Crippen LogP contribution in [0.25, 0.3) is 0 Å². The third kappa shape index (κ3) is 6.20. The van der Waals surface area contributed by atoms with Crippen molar-refractivity contribution >= 4 is 0 Å². The van der Waals surface area contributed by atoms with Crippen molar-refractivity contribution in [3.63, 3.8) is 0 Å².